The van der Waals surface area contributed by atoms with E-state index < -0.39 is 29.6 Å². The molecule has 2 aromatic carbocycles. The number of para-hydroxylation sites is 1. The van der Waals surface area contributed by atoms with E-state index >= 15 is 0 Å². The molecular formula is C34H43N3O5-2. The van der Waals surface area contributed by atoms with Gasteiger partial charge in [-0.2, -0.15) is 0 Å². The molecule has 1 saturated carbocycles. The average molecular weight is 574 g/mol. The van der Waals surface area contributed by atoms with E-state index in [-0.39, 0.29) is 5.56 Å². The smallest absolute Gasteiger partial charge is 0.271 e. The Morgan fingerprint density at radius 2 is 1.48 bits per heavy atom. The highest BCUT2D eigenvalue weighted by atomic mass is 16.5. The van der Waals surface area contributed by atoms with Gasteiger partial charge in [0.25, 0.3) is 5.56 Å². The first-order chi connectivity index (χ1) is 20.2. The minimum Gasteiger partial charge on any atom is -0.851 e. The number of aromatic amines is 1. The van der Waals surface area contributed by atoms with Crippen molar-refractivity contribution < 1.29 is 19.7 Å². The quantitative estimate of drug-likeness (QED) is 0.258. The Morgan fingerprint density at radius 3 is 2.14 bits per heavy atom. The van der Waals surface area contributed by atoms with Gasteiger partial charge in [0, 0.05) is 35.3 Å². The summed E-state index contributed by atoms with van der Waals surface area (Å²) in [6, 6.07) is 17.4. The van der Waals surface area contributed by atoms with E-state index in [1.807, 2.05) is 82.3 Å². The second-order valence-electron chi connectivity index (χ2n) is 12.3. The van der Waals surface area contributed by atoms with Crippen molar-refractivity contribution in [1.29, 1.82) is 0 Å². The number of nitrogens with zero attached hydrogens (tertiary/aromatic N) is 2. The Kier molecular flexibility index (Phi) is 9.08. The Hall–Kier alpha value is -3.17. The van der Waals surface area contributed by atoms with Crippen LogP contribution in [0.3, 0.4) is 0 Å². The predicted octanol–water partition coefficient (Wildman–Crippen LogP) is 4.03. The maximum Gasteiger partial charge on any atom is 0.271 e. The molecule has 0 radical (unpaired) electrons. The molecule has 1 fully saturated rings. The highest BCUT2D eigenvalue weighted by Gasteiger charge is 2.44. The first-order valence-electron chi connectivity index (χ1n) is 15.1. The molecule has 1 aliphatic carbocycles. The van der Waals surface area contributed by atoms with Crippen LogP contribution in [0.1, 0.15) is 69.2 Å². The fraction of sp³-hybridized carbons (Fsp3) is 0.500. The summed E-state index contributed by atoms with van der Waals surface area (Å²) in [5.74, 6) is -1.68. The van der Waals surface area contributed by atoms with E-state index in [4.69, 9.17) is 9.47 Å². The average Bonchev–Trinajstić information content (AvgIpc) is 3.45. The molecule has 2 atom stereocenters. The fourth-order valence-corrected chi connectivity index (χ4v) is 6.28. The van der Waals surface area contributed by atoms with E-state index in [0.717, 1.165) is 47.2 Å². The molecule has 0 amide bonds. The van der Waals surface area contributed by atoms with Crippen molar-refractivity contribution in [1.82, 2.24) is 14.3 Å². The molecule has 8 nitrogen and oxygen atoms in total. The number of H-pyrrole nitrogens is 1. The molecule has 0 saturated heterocycles. The van der Waals surface area contributed by atoms with Gasteiger partial charge in [-0.15, -0.1) is 12.2 Å². The summed E-state index contributed by atoms with van der Waals surface area (Å²) >= 11 is 0. The SMILES string of the molecule is CCCCOCCOCCn1c(C)c(C2C([O-])C(c3c(-c4ccccc4)[nH]n(C(C)(C)C)c3=O)C2[O-])c2ccccc21. The summed E-state index contributed by atoms with van der Waals surface area (Å²) in [6.07, 6.45) is -0.318. The summed E-state index contributed by atoms with van der Waals surface area (Å²) in [4.78, 5) is 13.7. The lowest BCUT2D eigenvalue weighted by atomic mass is 9.62. The number of ether oxygens (including phenoxy) is 2. The molecule has 2 unspecified atom stereocenters. The van der Waals surface area contributed by atoms with E-state index in [1.165, 1.54) is 0 Å². The number of rotatable bonds is 12. The number of hydrogen-bond donors (Lipinski definition) is 1. The monoisotopic (exact) mass is 573 g/mol. The van der Waals surface area contributed by atoms with E-state index in [2.05, 4.69) is 16.6 Å². The van der Waals surface area contributed by atoms with Gasteiger partial charge in [0.1, 0.15) is 0 Å². The summed E-state index contributed by atoms with van der Waals surface area (Å²) < 4.78 is 15.1. The molecule has 0 bridgehead atoms. The van der Waals surface area contributed by atoms with Gasteiger partial charge >= 0.3 is 0 Å². The van der Waals surface area contributed by atoms with Crippen LogP contribution < -0.4 is 15.8 Å². The molecule has 5 rings (SSSR count). The first kappa shape index (κ1) is 30.3. The standard InChI is InChI=1S/C34H43N3O5/c1-6-7-18-41-20-21-42-19-17-36-22(2)26(24-15-11-12-16-25(24)36)28-31(38)29(32(28)39)27-30(23-13-9-8-10-14-23)35-37(33(27)40)34(3,4)5/h8-16,28-29,31-32,35H,6-7,17-21H2,1-5H3/q-2. The molecule has 42 heavy (non-hydrogen) atoms. The zero-order chi connectivity index (χ0) is 30.0. The molecule has 0 spiro atoms. The molecule has 1 aliphatic rings. The normalized spacial score (nSPS) is 20.7. The van der Waals surface area contributed by atoms with Gasteiger partial charge in [-0.25, -0.2) is 4.68 Å². The van der Waals surface area contributed by atoms with Gasteiger partial charge in [0.15, 0.2) is 0 Å². The van der Waals surface area contributed by atoms with Crippen LogP contribution in [0.5, 0.6) is 0 Å². The van der Waals surface area contributed by atoms with Gasteiger partial charge in [-0.05, 0) is 63.1 Å². The third-order valence-corrected chi connectivity index (χ3v) is 8.50. The van der Waals surface area contributed by atoms with Crippen LogP contribution in [0, 0.1) is 6.92 Å². The van der Waals surface area contributed by atoms with E-state index in [9.17, 15) is 15.0 Å². The van der Waals surface area contributed by atoms with Gasteiger partial charge < -0.3 is 24.3 Å². The molecule has 8 heteroatoms. The molecular weight excluding hydrogens is 530 g/mol. The van der Waals surface area contributed by atoms with Crippen molar-refractivity contribution in [3.8, 4) is 11.3 Å². The van der Waals surface area contributed by atoms with E-state index in [1.54, 1.807) is 4.68 Å². The minimum absolute atomic E-state index is 0.290. The van der Waals surface area contributed by atoms with Crippen molar-refractivity contribution in [3.05, 3.63) is 81.8 Å². The van der Waals surface area contributed by atoms with Crippen LogP contribution in [-0.2, 0) is 21.6 Å². The van der Waals surface area contributed by atoms with Crippen molar-refractivity contribution >= 4 is 10.9 Å². The number of nitrogens with one attached hydrogen (secondary N) is 1. The van der Waals surface area contributed by atoms with Crippen molar-refractivity contribution in [3.63, 3.8) is 0 Å². The van der Waals surface area contributed by atoms with Gasteiger partial charge in [0.05, 0.1) is 31.1 Å². The molecule has 1 N–H and O–H groups in total. The number of benzene rings is 2. The van der Waals surface area contributed by atoms with Crippen LogP contribution >= 0.6 is 0 Å². The second-order valence-corrected chi connectivity index (χ2v) is 12.3. The lowest BCUT2D eigenvalue weighted by Gasteiger charge is -2.61. The molecule has 0 aliphatic heterocycles. The van der Waals surface area contributed by atoms with Crippen LogP contribution in [-0.4, -0.2) is 53.0 Å². The van der Waals surface area contributed by atoms with Gasteiger partial charge in [0.2, 0.25) is 0 Å². The van der Waals surface area contributed by atoms with Gasteiger partial charge in [-0.1, -0.05) is 61.9 Å². The highest BCUT2D eigenvalue weighted by Crippen LogP contribution is 2.49. The molecule has 4 aromatic rings. The topological polar surface area (TPSA) is 107 Å². The number of hydrogen-bond acceptors (Lipinski definition) is 5. The Morgan fingerprint density at radius 1 is 0.857 bits per heavy atom. The zero-order valence-electron chi connectivity index (χ0n) is 25.4. The Bertz CT molecular complexity index is 1540. The maximum absolute atomic E-state index is 14.1. The van der Waals surface area contributed by atoms with Gasteiger partial charge in [-0.3, -0.25) is 9.89 Å². The lowest BCUT2D eigenvalue weighted by molar-refractivity contribution is -0.536. The summed E-state index contributed by atoms with van der Waals surface area (Å²) in [5, 5.41) is 32.3. The zero-order valence-corrected chi connectivity index (χ0v) is 25.4. The number of fused-ring (bicyclic) bond motifs is 1. The second kappa shape index (κ2) is 12.6. The van der Waals surface area contributed by atoms with Crippen LogP contribution in [0.25, 0.3) is 22.2 Å². The third-order valence-electron chi connectivity index (χ3n) is 8.50. The number of aromatic nitrogens is 3. The summed E-state index contributed by atoms with van der Waals surface area (Å²) in [7, 11) is 0. The maximum atomic E-state index is 14.1. The third kappa shape index (κ3) is 5.61. The van der Waals surface area contributed by atoms with Crippen LogP contribution in [0.15, 0.2) is 59.4 Å². The first-order valence-corrected chi connectivity index (χ1v) is 15.1. The minimum atomic E-state index is -1.23. The van der Waals surface area contributed by atoms with Crippen LogP contribution in [0.4, 0.5) is 0 Å². The number of unbranched alkanes of at least 4 members (excludes halogenated alkanes) is 1. The van der Waals surface area contributed by atoms with Crippen molar-refractivity contribution in [2.45, 2.75) is 83.6 Å². The Balaban J connectivity index is 1.42. The molecule has 2 heterocycles. The van der Waals surface area contributed by atoms with Crippen LogP contribution in [0.2, 0.25) is 0 Å². The highest BCUT2D eigenvalue weighted by molar-refractivity contribution is 5.86. The summed E-state index contributed by atoms with van der Waals surface area (Å²) in [5.41, 5.74) is 3.54. The lowest BCUT2D eigenvalue weighted by Crippen LogP contribution is -2.64. The molecule has 226 valence electrons. The summed E-state index contributed by atoms with van der Waals surface area (Å²) in [6.45, 7) is 12.9. The fourth-order valence-electron chi connectivity index (χ4n) is 6.28. The molecule has 2 aromatic heterocycles. The van der Waals surface area contributed by atoms with E-state index in [0.29, 0.717) is 37.6 Å². The largest absolute Gasteiger partial charge is 0.851 e. The van der Waals surface area contributed by atoms with Crippen molar-refractivity contribution in [2.75, 3.05) is 26.4 Å². The predicted molar refractivity (Wildman–Crippen MR) is 162 cm³/mol. The Labute approximate surface area is 247 Å². The van der Waals surface area contributed by atoms with Crippen molar-refractivity contribution in [2.24, 2.45) is 0 Å².